The monoisotopic (exact) mass is 250 g/mol. The molecule has 0 aromatic carbocycles. The van der Waals surface area contributed by atoms with E-state index in [2.05, 4.69) is 13.2 Å². The Morgan fingerprint density at radius 3 is 2.06 bits per heavy atom. The van der Waals surface area contributed by atoms with Crippen LogP contribution in [0.1, 0.15) is 25.7 Å². The highest BCUT2D eigenvalue weighted by Crippen LogP contribution is 2.31. The van der Waals surface area contributed by atoms with Crippen LogP contribution in [0.4, 0.5) is 0 Å². The van der Waals surface area contributed by atoms with E-state index in [0.29, 0.717) is 25.9 Å². The van der Waals surface area contributed by atoms with E-state index in [0.717, 1.165) is 12.8 Å². The largest absolute Gasteiger partial charge is 0.550 e. The van der Waals surface area contributed by atoms with Crippen LogP contribution < -0.4 is 5.11 Å². The van der Waals surface area contributed by atoms with Crippen LogP contribution in [0.25, 0.3) is 0 Å². The molecule has 100 valence electrons. The second kappa shape index (κ2) is 6.99. The minimum atomic E-state index is -1.11. The number of nitrogens with zero attached hydrogens (tertiary/aromatic N) is 1. The molecule has 0 heterocycles. The normalized spacial score (nSPS) is 23.1. The Bertz CT molecular complexity index is 328. The molecule has 0 N–H and O–H groups in total. The lowest BCUT2D eigenvalue weighted by Gasteiger charge is -2.34. The number of carboxylic acids is 1. The number of carbonyl (C=O) groups is 2. The molecule has 0 spiro atoms. The summed E-state index contributed by atoms with van der Waals surface area (Å²) in [6.07, 6.45) is 6.19. The number of carboxylic acid groups (broad SMARTS) is 1. The summed E-state index contributed by atoms with van der Waals surface area (Å²) >= 11 is 0. The molecule has 1 aliphatic carbocycles. The van der Waals surface area contributed by atoms with Gasteiger partial charge < -0.3 is 14.8 Å². The number of hydrogen-bond donors (Lipinski definition) is 0. The average Bonchev–Trinajstić information content (AvgIpc) is 2.37. The van der Waals surface area contributed by atoms with Crippen molar-refractivity contribution in [2.75, 3.05) is 13.1 Å². The third kappa shape index (κ3) is 3.45. The Kier molecular flexibility index (Phi) is 5.62. The maximum atomic E-state index is 12.3. The van der Waals surface area contributed by atoms with E-state index in [-0.39, 0.29) is 5.91 Å². The Morgan fingerprint density at radius 2 is 1.61 bits per heavy atom. The predicted octanol–water partition coefficient (Wildman–Crippen LogP) is 0.743. The van der Waals surface area contributed by atoms with Crippen LogP contribution in [0.3, 0.4) is 0 Å². The zero-order valence-electron chi connectivity index (χ0n) is 10.6. The molecule has 0 unspecified atom stereocenters. The molecule has 4 nitrogen and oxygen atoms in total. The first-order valence-corrected chi connectivity index (χ1v) is 6.33. The maximum absolute atomic E-state index is 12.3. The van der Waals surface area contributed by atoms with Crippen LogP contribution in [0.5, 0.6) is 0 Å². The van der Waals surface area contributed by atoms with Crippen LogP contribution in [0.15, 0.2) is 25.3 Å². The predicted molar refractivity (Wildman–Crippen MR) is 67.4 cm³/mol. The van der Waals surface area contributed by atoms with E-state index in [4.69, 9.17) is 0 Å². The summed E-state index contributed by atoms with van der Waals surface area (Å²) < 4.78 is 0. The SMILES string of the molecule is C=CCN(CC=C)C(=O)[C@@H]1CCCC[C@@H]1C(=O)[O-]. The van der Waals surface area contributed by atoms with Crippen LogP contribution in [-0.4, -0.2) is 29.9 Å². The molecular formula is C14H20NO3-. The van der Waals surface area contributed by atoms with Crippen molar-refractivity contribution in [2.24, 2.45) is 11.8 Å². The van der Waals surface area contributed by atoms with Crippen molar-refractivity contribution < 1.29 is 14.7 Å². The van der Waals surface area contributed by atoms with Crippen LogP contribution >= 0.6 is 0 Å². The van der Waals surface area contributed by atoms with E-state index >= 15 is 0 Å². The summed E-state index contributed by atoms with van der Waals surface area (Å²) in [5.41, 5.74) is 0. The van der Waals surface area contributed by atoms with Crippen molar-refractivity contribution in [2.45, 2.75) is 25.7 Å². The van der Waals surface area contributed by atoms with Crippen molar-refractivity contribution in [1.82, 2.24) is 4.90 Å². The van der Waals surface area contributed by atoms with Gasteiger partial charge in [0, 0.05) is 30.9 Å². The van der Waals surface area contributed by atoms with Crippen LogP contribution in [-0.2, 0) is 9.59 Å². The van der Waals surface area contributed by atoms with E-state index in [1.54, 1.807) is 17.1 Å². The first-order chi connectivity index (χ1) is 8.61. The Hall–Kier alpha value is -1.58. The van der Waals surface area contributed by atoms with Gasteiger partial charge in [0.15, 0.2) is 0 Å². The van der Waals surface area contributed by atoms with Gasteiger partial charge in [-0.1, -0.05) is 25.0 Å². The van der Waals surface area contributed by atoms with E-state index in [1.165, 1.54) is 0 Å². The molecule has 0 aromatic rings. The molecule has 18 heavy (non-hydrogen) atoms. The Balaban J connectivity index is 2.79. The maximum Gasteiger partial charge on any atom is 0.226 e. The fourth-order valence-corrected chi connectivity index (χ4v) is 2.51. The Morgan fingerprint density at radius 1 is 1.11 bits per heavy atom. The van der Waals surface area contributed by atoms with Gasteiger partial charge >= 0.3 is 0 Å². The summed E-state index contributed by atoms with van der Waals surface area (Å²) in [4.78, 5) is 25.0. The molecule has 1 saturated carbocycles. The molecule has 0 radical (unpaired) electrons. The van der Waals surface area contributed by atoms with Crippen molar-refractivity contribution in [1.29, 1.82) is 0 Å². The van der Waals surface area contributed by atoms with Gasteiger partial charge in [0.2, 0.25) is 5.91 Å². The zero-order chi connectivity index (χ0) is 13.5. The molecule has 0 saturated heterocycles. The highest BCUT2D eigenvalue weighted by atomic mass is 16.4. The van der Waals surface area contributed by atoms with Gasteiger partial charge in [-0.15, -0.1) is 13.2 Å². The topological polar surface area (TPSA) is 60.4 Å². The molecule has 1 fully saturated rings. The lowest BCUT2D eigenvalue weighted by atomic mass is 9.78. The molecular weight excluding hydrogens is 230 g/mol. The summed E-state index contributed by atoms with van der Waals surface area (Å²) in [6, 6.07) is 0. The van der Waals surface area contributed by atoms with E-state index < -0.39 is 17.8 Å². The fourth-order valence-electron chi connectivity index (χ4n) is 2.51. The van der Waals surface area contributed by atoms with Gasteiger partial charge in [0.05, 0.1) is 0 Å². The van der Waals surface area contributed by atoms with Gasteiger partial charge in [-0.25, -0.2) is 0 Å². The molecule has 0 aliphatic heterocycles. The van der Waals surface area contributed by atoms with Crippen molar-refractivity contribution in [3.63, 3.8) is 0 Å². The molecule has 1 rings (SSSR count). The number of amides is 1. The number of hydrogen-bond acceptors (Lipinski definition) is 3. The third-order valence-corrected chi connectivity index (χ3v) is 3.40. The summed E-state index contributed by atoms with van der Waals surface area (Å²) in [5.74, 6) is -2.33. The highest BCUT2D eigenvalue weighted by Gasteiger charge is 2.33. The summed E-state index contributed by atoms with van der Waals surface area (Å²) in [6.45, 7) is 8.05. The molecule has 0 aromatic heterocycles. The van der Waals surface area contributed by atoms with Crippen LogP contribution in [0.2, 0.25) is 0 Å². The first kappa shape index (κ1) is 14.5. The summed E-state index contributed by atoms with van der Waals surface area (Å²) in [5, 5.41) is 11.1. The second-order valence-electron chi connectivity index (χ2n) is 4.64. The fraction of sp³-hybridized carbons (Fsp3) is 0.571. The Labute approximate surface area is 108 Å². The molecule has 2 atom stereocenters. The van der Waals surface area contributed by atoms with Gasteiger partial charge in [0.1, 0.15) is 0 Å². The number of aliphatic carboxylic acids is 1. The van der Waals surface area contributed by atoms with Gasteiger partial charge in [-0.3, -0.25) is 4.79 Å². The number of carbonyl (C=O) groups excluding carboxylic acids is 2. The van der Waals surface area contributed by atoms with Gasteiger partial charge in [0.25, 0.3) is 0 Å². The highest BCUT2D eigenvalue weighted by molar-refractivity contribution is 5.84. The molecule has 1 amide bonds. The quantitative estimate of drug-likeness (QED) is 0.653. The van der Waals surface area contributed by atoms with E-state index in [9.17, 15) is 14.7 Å². The second-order valence-corrected chi connectivity index (χ2v) is 4.64. The third-order valence-electron chi connectivity index (χ3n) is 3.40. The lowest BCUT2D eigenvalue weighted by Crippen LogP contribution is -2.46. The van der Waals surface area contributed by atoms with Crippen molar-refractivity contribution in [3.05, 3.63) is 25.3 Å². The van der Waals surface area contributed by atoms with Gasteiger partial charge in [-0.2, -0.15) is 0 Å². The van der Waals surface area contributed by atoms with E-state index in [1.807, 2.05) is 0 Å². The van der Waals surface area contributed by atoms with Crippen molar-refractivity contribution >= 4 is 11.9 Å². The van der Waals surface area contributed by atoms with Crippen LogP contribution in [0, 0.1) is 11.8 Å². The minimum absolute atomic E-state index is 0.122. The average molecular weight is 250 g/mol. The smallest absolute Gasteiger partial charge is 0.226 e. The lowest BCUT2D eigenvalue weighted by molar-refractivity contribution is -0.314. The van der Waals surface area contributed by atoms with Crippen molar-refractivity contribution in [3.8, 4) is 0 Å². The first-order valence-electron chi connectivity index (χ1n) is 6.33. The zero-order valence-corrected chi connectivity index (χ0v) is 10.6. The summed E-state index contributed by atoms with van der Waals surface area (Å²) in [7, 11) is 0. The molecule has 1 aliphatic rings. The molecule has 4 heteroatoms. The molecule has 0 bridgehead atoms. The number of rotatable bonds is 6. The van der Waals surface area contributed by atoms with Gasteiger partial charge in [-0.05, 0) is 12.8 Å². The standard InChI is InChI=1S/C14H21NO3/c1-3-9-15(10-4-2)13(16)11-7-5-6-8-12(11)14(17)18/h3-4,11-12H,1-2,5-10H2,(H,17,18)/p-1/t11-,12+/m1/s1. The minimum Gasteiger partial charge on any atom is -0.550 e.